The van der Waals surface area contributed by atoms with E-state index in [1.54, 1.807) is 0 Å². The number of likely N-dealkylation sites (tertiary alicyclic amines) is 1. The standard InChI is InChI=1S/C16H29NO3/c1-15(2,3)13-16(20,9-10-17(13)14(18)19)11-12-7-5-4-6-8-12/h12-13,20H,4-11H2,1-3H3,(H,18,19). The summed E-state index contributed by atoms with van der Waals surface area (Å²) in [5.41, 5.74) is -1.09. The fourth-order valence-electron chi connectivity index (χ4n) is 4.45. The zero-order valence-electron chi connectivity index (χ0n) is 13.1. The number of nitrogens with zero attached hydrogens (tertiary/aromatic N) is 1. The van der Waals surface area contributed by atoms with E-state index in [2.05, 4.69) is 0 Å². The van der Waals surface area contributed by atoms with Crippen molar-refractivity contribution in [3.8, 4) is 0 Å². The van der Waals surface area contributed by atoms with Gasteiger partial charge in [0.15, 0.2) is 0 Å². The summed E-state index contributed by atoms with van der Waals surface area (Å²) < 4.78 is 0. The van der Waals surface area contributed by atoms with Gasteiger partial charge in [0, 0.05) is 6.54 Å². The molecule has 0 spiro atoms. The minimum atomic E-state index is -0.899. The normalized spacial score (nSPS) is 32.6. The van der Waals surface area contributed by atoms with Crippen molar-refractivity contribution in [3.63, 3.8) is 0 Å². The Kier molecular flexibility index (Phi) is 4.33. The molecule has 2 aliphatic rings. The molecule has 0 bridgehead atoms. The average Bonchev–Trinajstić information content (AvgIpc) is 2.68. The lowest BCUT2D eigenvalue weighted by atomic mass is 9.71. The fraction of sp³-hybridized carbons (Fsp3) is 0.938. The first-order chi connectivity index (χ1) is 9.24. The van der Waals surface area contributed by atoms with Crippen LogP contribution in [0.25, 0.3) is 0 Å². The molecule has 0 aromatic rings. The average molecular weight is 283 g/mol. The number of hydrogen-bond donors (Lipinski definition) is 2. The van der Waals surface area contributed by atoms with Crippen LogP contribution in [0.4, 0.5) is 4.79 Å². The number of amides is 1. The molecular weight excluding hydrogens is 254 g/mol. The van der Waals surface area contributed by atoms with Crippen LogP contribution in [0.15, 0.2) is 0 Å². The number of aliphatic hydroxyl groups is 1. The van der Waals surface area contributed by atoms with Gasteiger partial charge in [0.05, 0.1) is 11.6 Å². The summed E-state index contributed by atoms with van der Waals surface area (Å²) in [5.74, 6) is 0.562. The molecule has 1 saturated heterocycles. The molecule has 1 aliphatic heterocycles. The maximum absolute atomic E-state index is 11.5. The van der Waals surface area contributed by atoms with Gasteiger partial charge in [-0.05, 0) is 24.2 Å². The van der Waals surface area contributed by atoms with E-state index in [-0.39, 0.29) is 11.5 Å². The molecule has 1 heterocycles. The Labute approximate surface area is 122 Å². The number of carbonyl (C=O) groups is 1. The zero-order valence-corrected chi connectivity index (χ0v) is 13.1. The van der Waals surface area contributed by atoms with E-state index >= 15 is 0 Å². The van der Waals surface area contributed by atoms with Crippen molar-refractivity contribution in [3.05, 3.63) is 0 Å². The molecule has 20 heavy (non-hydrogen) atoms. The van der Waals surface area contributed by atoms with Gasteiger partial charge in [-0.1, -0.05) is 52.9 Å². The highest BCUT2D eigenvalue weighted by Gasteiger charge is 2.53. The fourth-order valence-corrected chi connectivity index (χ4v) is 4.45. The van der Waals surface area contributed by atoms with E-state index in [9.17, 15) is 15.0 Å². The molecule has 2 N–H and O–H groups in total. The van der Waals surface area contributed by atoms with Crippen LogP contribution in [-0.4, -0.2) is 39.4 Å². The van der Waals surface area contributed by atoms with Crippen LogP contribution >= 0.6 is 0 Å². The van der Waals surface area contributed by atoms with Crippen LogP contribution in [0, 0.1) is 11.3 Å². The maximum Gasteiger partial charge on any atom is 0.407 e. The second-order valence-corrected chi connectivity index (χ2v) is 7.81. The summed E-state index contributed by atoms with van der Waals surface area (Å²) in [6.45, 7) is 6.56. The van der Waals surface area contributed by atoms with Gasteiger partial charge in [0.2, 0.25) is 0 Å². The van der Waals surface area contributed by atoms with Crippen molar-refractivity contribution in [1.29, 1.82) is 0 Å². The van der Waals surface area contributed by atoms with Crippen molar-refractivity contribution < 1.29 is 15.0 Å². The van der Waals surface area contributed by atoms with E-state index in [0.717, 1.165) is 6.42 Å². The molecule has 2 unspecified atom stereocenters. The molecule has 1 amide bonds. The van der Waals surface area contributed by atoms with E-state index in [4.69, 9.17) is 0 Å². The second-order valence-electron chi connectivity index (χ2n) is 7.81. The summed E-state index contributed by atoms with van der Waals surface area (Å²) in [6, 6.07) is -0.297. The third kappa shape index (κ3) is 3.11. The van der Waals surface area contributed by atoms with Gasteiger partial charge in [-0.15, -0.1) is 0 Å². The summed E-state index contributed by atoms with van der Waals surface area (Å²) >= 11 is 0. The van der Waals surface area contributed by atoms with Crippen LogP contribution < -0.4 is 0 Å². The Hall–Kier alpha value is -0.770. The Morgan fingerprint density at radius 3 is 2.35 bits per heavy atom. The van der Waals surface area contributed by atoms with E-state index in [0.29, 0.717) is 18.9 Å². The second kappa shape index (κ2) is 5.55. The predicted octanol–water partition coefficient (Wildman–Crippen LogP) is 3.49. The van der Waals surface area contributed by atoms with Gasteiger partial charge in [-0.3, -0.25) is 0 Å². The van der Waals surface area contributed by atoms with Crippen LogP contribution in [0.2, 0.25) is 0 Å². The van der Waals surface area contributed by atoms with Crippen molar-refractivity contribution in [1.82, 2.24) is 4.90 Å². The molecule has 0 aromatic heterocycles. The van der Waals surface area contributed by atoms with Gasteiger partial charge < -0.3 is 15.1 Å². The van der Waals surface area contributed by atoms with Gasteiger partial charge in [0.1, 0.15) is 0 Å². The Bertz CT molecular complexity index is 357. The summed E-state index contributed by atoms with van der Waals surface area (Å²) in [4.78, 5) is 12.9. The molecule has 2 fully saturated rings. The highest BCUT2D eigenvalue weighted by molar-refractivity contribution is 5.66. The van der Waals surface area contributed by atoms with Crippen LogP contribution in [0.5, 0.6) is 0 Å². The maximum atomic E-state index is 11.5. The van der Waals surface area contributed by atoms with Crippen molar-refractivity contribution in [2.45, 2.75) is 77.4 Å². The first kappa shape index (κ1) is 15.6. The van der Waals surface area contributed by atoms with Crippen LogP contribution in [0.1, 0.15) is 65.7 Å². The van der Waals surface area contributed by atoms with Crippen molar-refractivity contribution in [2.75, 3.05) is 6.54 Å². The number of hydrogen-bond acceptors (Lipinski definition) is 2. The molecule has 1 saturated carbocycles. The summed E-state index contributed by atoms with van der Waals surface area (Å²) in [6.07, 6.45) is 6.63. The molecule has 1 aliphatic carbocycles. The van der Waals surface area contributed by atoms with E-state index < -0.39 is 11.7 Å². The summed E-state index contributed by atoms with van der Waals surface area (Å²) in [7, 11) is 0. The van der Waals surface area contributed by atoms with Crippen LogP contribution in [-0.2, 0) is 0 Å². The third-order valence-electron chi connectivity index (χ3n) is 5.04. The molecule has 4 nitrogen and oxygen atoms in total. The van der Waals surface area contributed by atoms with Crippen LogP contribution in [0.3, 0.4) is 0 Å². The third-order valence-corrected chi connectivity index (χ3v) is 5.04. The Balaban J connectivity index is 2.16. The lowest BCUT2D eigenvalue weighted by Crippen LogP contribution is -2.54. The predicted molar refractivity (Wildman–Crippen MR) is 78.7 cm³/mol. The Morgan fingerprint density at radius 1 is 1.25 bits per heavy atom. The highest BCUT2D eigenvalue weighted by atomic mass is 16.4. The molecule has 2 atom stereocenters. The minimum Gasteiger partial charge on any atom is -0.465 e. The molecule has 116 valence electrons. The monoisotopic (exact) mass is 283 g/mol. The largest absolute Gasteiger partial charge is 0.465 e. The molecule has 0 radical (unpaired) electrons. The lowest BCUT2D eigenvalue weighted by Gasteiger charge is -2.43. The zero-order chi connectivity index (χ0) is 15.0. The van der Waals surface area contributed by atoms with Crippen molar-refractivity contribution >= 4 is 6.09 Å². The van der Waals surface area contributed by atoms with Gasteiger partial charge in [-0.2, -0.15) is 0 Å². The molecular formula is C16H29NO3. The first-order valence-electron chi connectivity index (χ1n) is 7.96. The van der Waals surface area contributed by atoms with Gasteiger partial charge >= 0.3 is 6.09 Å². The Morgan fingerprint density at radius 2 is 1.85 bits per heavy atom. The van der Waals surface area contributed by atoms with Crippen molar-refractivity contribution in [2.24, 2.45) is 11.3 Å². The smallest absolute Gasteiger partial charge is 0.407 e. The number of carboxylic acid groups (broad SMARTS) is 1. The first-order valence-corrected chi connectivity index (χ1v) is 7.96. The lowest BCUT2D eigenvalue weighted by molar-refractivity contribution is -0.0549. The molecule has 2 rings (SSSR count). The minimum absolute atomic E-state index is 0.238. The van der Waals surface area contributed by atoms with E-state index in [1.807, 2.05) is 20.8 Å². The van der Waals surface area contributed by atoms with Gasteiger partial charge in [0.25, 0.3) is 0 Å². The number of rotatable bonds is 2. The molecule has 0 aromatic carbocycles. The summed E-state index contributed by atoms with van der Waals surface area (Å²) in [5, 5.41) is 20.6. The SMILES string of the molecule is CC(C)(C)C1N(C(=O)O)CCC1(O)CC1CCCCC1. The van der Waals surface area contributed by atoms with Gasteiger partial charge in [-0.25, -0.2) is 4.79 Å². The topological polar surface area (TPSA) is 60.8 Å². The quantitative estimate of drug-likeness (QED) is 0.815. The molecule has 4 heteroatoms. The highest BCUT2D eigenvalue weighted by Crippen LogP contribution is 2.45. The van der Waals surface area contributed by atoms with E-state index in [1.165, 1.54) is 37.0 Å².